The molecule has 0 aliphatic carbocycles. The van der Waals surface area contributed by atoms with E-state index in [1.807, 2.05) is 54.6 Å². The number of hydrogen-bond donors (Lipinski definition) is 1. The van der Waals surface area contributed by atoms with Gasteiger partial charge in [-0.2, -0.15) is 5.10 Å². The zero-order valence-corrected chi connectivity index (χ0v) is 20.2. The molecule has 8 heteroatoms. The Kier molecular flexibility index (Phi) is 6.54. The van der Waals surface area contributed by atoms with E-state index in [1.54, 1.807) is 18.4 Å². The predicted molar refractivity (Wildman–Crippen MR) is 136 cm³/mol. The monoisotopic (exact) mass is 532 g/mol. The molecule has 1 amide bonds. The van der Waals surface area contributed by atoms with Gasteiger partial charge in [0.2, 0.25) is 6.79 Å². The molecule has 0 atom stereocenters. The lowest BCUT2D eigenvalue weighted by Gasteiger charge is -2.14. The molecule has 2 heterocycles. The molecule has 0 fully saturated rings. The molecule has 0 spiro atoms. The molecule has 1 aliphatic rings. The molecule has 5 rings (SSSR count). The fraction of sp³-hybridized carbons (Fsp3) is 0.111. The number of fused-ring (bicyclic) bond motifs is 2. The molecule has 4 aromatic rings. The first-order chi connectivity index (χ1) is 17.1. The van der Waals surface area contributed by atoms with Crippen LogP contribution in [0.4, 0.5) is 0 Å². The van der Waals surface area contributed by atoms with Gasteiger partial charge in [0.1, 0.15) is 17.9 Å². The molecular weight excluding hydrogens is 512 g/mol. The van der Waals surface area contributed by atoms with Crippen molar-refractivity contribution in [3.8, 4) is 17.2 Å². The van der Waals surface area contributed by atoms with Crippen molar-refractivity contribution in [2.75, 3.05) is 6.79 Å². The molecule has 3 aromatic carbocycles. The number of amides is 1. The van der Waals surface area contributed by atoms with Crippen LogP contribution in [0.2, 0.25) is 0 Å². The Balaban J connectivity index is 1.28. The van der Waals surface area contributed by atoms with Crippen molar-refractivity contribution in [1.82, 2.24) is 5.43 Å². The summed E-state index contributed by atoms with van der Waals surface area (Å²) in [6, 6.07) is 18.7. The molecule has 7 nitrogen and oxygen atoms in total. The van der Waals surface area contributed by atoms with Crippen LogP contribution in [0.1, 0.15) is 27.2 Å². The third-order valence-corrected chi connectivity index (χ3v) is 5.95. The first-order valence-electron chi connectivity index (χ1n) is 10.9. The van der Waals surface area contributed by atoms with E-state index in [2.05, 4.69) is 33.0 Å². The molecule has 0 unspecified atom stereocenters. The summed E-state index contributed by atoms with van der Waals surface area (Å²) < 4.78 is 23.3. The Morgan fingerprint density at radius 2 is 1.97 bits per heavy atom. The van der Waals surface area contributed by atoms with Gasteiger partial charge in [-0.15, -0.1) is 6.58 Å². The van der Waals surface area contributed by atoms with Crippen molar-refractivity contribution in [1.29, 1.82) is 0 Å². The average molecular weight is 533 g/mol. The van der Waals surface area contributed by atoms with E-state index in [-0.39, 0.29) is 12.6 Å². The Labute approximate surface area is 210 Å². The maximum Gasteiger partial charge on any atom is 0.307 e. The number of hydrazone groups is 1. The summed E-state index contributed by atoms with van der Waals surface area (Å²) >= 11 is 3.60. The van der Waals surface area contributed by atoms with Gasteiger partial charge in [-0.05, 0) is 75.4 Å². The zero-order valence-electron chi connectivity index (χ0n) is 18.6. The molecule has 1 aromatic heterocycles. The first kappa shape index (κ1) is 22.7. The third-order valence-electron chi connectivity index (χ3n) is 5.36. The van der Waals surface area contributed by atoms with Crippen LogP contribution >= 0.6 is 15.9 Å². The topological polar surface area (TPSA) is 82.3 Å². The summed E-state index contributed by atoms with van der Waals surface area (Å²) in [5.41, 5.74) is 5.84. The van der Waals surface area contributed by atoms with Crippen LogP contribution in [0.3, 0.4) is 0 Å². The van der Waals surface area contributed by atoms with Crippen molar-refractivity contribution in [2.24, 2.45) is 5.10 Å². The molecule has 35 heavy (non-hydrogen) atoms. The minimum absolute atomic E-state index is 0.198. The van der Waals surface area contributed by atoms with Crippen LogP contribution in [0.25, 0.3) is 11.0 Å². The molecule has 0 saturated carbocycles. The number of carbonyl (C=O) groups is 1. The maximum absolute atomic E-state index is 12.4. The number of nitrogens with zero attached hydrogens (tertiary/aromatic N) is 1. The second-order valence-corrected chi connectivity index (χ2v) is 8.66. The van der Waals surface area contributed by atoms with Crippen molar-refractivity contribution in [2.45, 2.75) is 13.0 Å². The quantitative estimate of drug-likeness (QED) is 0.171. The standard InChI is InChI=1S/C27H21BrN2O5/c1-2-5-20-10-18(14-29-30-27(31)25-13-19-6-3-4-7-22(19)35-25)11-21(28)26(20)32-15-17-8-9-23-24(12-17)34-16-33-23/h2-4,6-14H,1,5,15-16H2,(H,30,31)/b29-14+. The Hall–Kier alpha value is -4.04. The SMILES string of the molecule is C=CCc1cc(/C=N/NC(=O)c2cc3ccccc3o2)cc(Br)c1OCc1ccc2c(c1)OCO2. The summed E-state index contributed by atoms with van der Waals surface area (Å²) in [6.07, 6.45) is 3.97. The van der Waals surface area contributed by atoms with Crippen LogP contribution in [0.5, 0.6) is 17.2 Å². The van der Waals surface area contributed by atoms with E-state index < -0.39 is 5.91 Å². The number of ether oxygens (including phenoxy) is 3. The highest BCUT2D eigenvalue weighted by Crippen LogP contribution is 2.35. The van der Waals surface area contributed by atoms with Crippen LogP contribution in [0, 0.1) is 0 Å². The van der Waals surface area contributed by atoms with E-state index in [0.29, 0.717) is 30.1 Å². The molecule has 176 valence electrons. The fourth-order valence-electron chi connectivity index (χ4n) is 3.72. The van der Waals surface area contributed by atoms with E-state index in [9.17, 15) is 4.79 Å². The van der Waals surface area contributed by atoms with Gasteiger partial charge >= 0.3 is 5.91 Å². The van der Waals surface area contributed by atoms with Gasteiger partial charge in [0.25, 0.3) is 0 Å². The number of hydrogen-bond acceptors (Lipinski definition) is 6. The molecule has 0 bridgehead atoms. The molecule has 1 aliphatic heterocycles. The molecule has 0 radical (unpaired) electrons. The lowest BCUT2D eigenvalue weighted by Crippen LogP contribution is -2.16. The number of carbonyl (C=O) groups excluding carboxylic acids is 1. The van der Waals surface area contributed by atoms with Gasteiger partial charge in [0.05, 0.1) is 10.7 Å². The number of halogens is 1. The minimum atomic E-state index is -0.425. The van der Waals surface area contributed by atoms with E-state index in [4.69, 9.17) is 18.6 Å². The van der Waals surface area contributed by atoms with Gasteiger partial charge in [-0.1, -0.05) is 30.3 Å². The normalized spacial score (nSPS) is 12.3. The highest BCUT2D eigenvalue weighted by molar-refractivity contribution is 9.10. The van der Waals surface area contributed by atoms with Crippen LogP contribution in [0.15, 0.2) is 87.3 Å². The number of nitrogens with one attached hydrogen (secondary N) is 1. The summed E-state index contributed by atoms with van der Waals surface area (Å²) in [4.78, 5) is 12.4. The van der Waals surface area contributed by atoms with Gasteiger partial charge in [-0.3, -0.25) is 4.79 Å². The lowest BCUT2D eigenvalue weighted by atomic mass is 10.1. The van der Waals surface area contributed by atoms with Crippen molar-refractivity contribution >= 4 is 39.0 Å². The predicted octanol–water partition coefficient (Wildman–Crippen LogP) is 6.00. The van der Waals surface area contributed by atoms with Gasteiger partial charge in [0.15, 0.2) is 17.3 Å². The van der Waals surface area contributed by atoms with E-state index in [1.165, 1.54) is 0 Å². The average Bonchev–Trinajstić information content (AvgIpc) is 3.50. The summed E-state index contributed by atoms with van der Waals surface area (Å²) in [7, 11) is 0. The molecule has 1 N–H and O–H groups in total. The Morgan fingerprint density at radius 1 is 1.11 bits per heavy atom. The smallest absolute Gasteiger partial charge is 0.307 e. The largest absolute Gasteiger partial charge is 0.487 e. The number of benzene rings is 3. The summed E-state index contributed by atoms with van der Waals surface area (Å²) in [6.45, 7) is 4.44. The summed E-state index contributed by atoms with van der Waals surface area (Å²) in [5.74, 6) is 1.94. The van der Waals surface area contributed by atoms with Crippen LogP contribution < -0.4 is 19.6 Å². The van der Waals surface area contributed by atoms with Crippen molar-refractivity contribution < 1.29 is 23.4 Å². The van der Waals surface area contributed by atoms with E-state index >= 15 is 0 Å². The second-order valence-electron chi connectivity index (χ2n) is 7.81. The number of allylic oxidation sites excluding steroid dienone is 1. The van der Waals surface area contributed by atoms with Gasteiger partial charge in [-0.25, -0.2) is 5.43 Å². The van der Waals surface area contributed by atoms with Crippen LogP contribution in [-0.4, -0.2) is 18.9 Å². The highest BCUT2D eigenvalue weighted by atomic mass is 79.9. The third kappa shape index (κ3) is 5.07. The fourth-order valence-corrected chi connectivity index (χ4v) is 4.35. The van der Waals surface area contributed by atoms with Crippen LogP contribution in [-0.2, 0) is 13.0 Å². The first-order valence-corrected chi connectivity index (χ1v) is 11.7. The molecule has 0 saturated heterocycles. The zero-order chi connectivity index (χ0) is 24.2. The number of para-hydroxylation sites is 1. The van der Waals surface area contributed by atoms with Crippen molar-refractivity contribution in [3.05, 3.63) is 100 Å². The number of furan rings is 1. The minimum Gasteiger partial charge on any atom is -0.487 e. The van der Waals surface area contributed by atoms with E-state index in [0.717, 1.165) is 32.3 Å². The van der Waals surface area contributed by atoms with Gasteiger partial charge < -0.3 is 18.6 Å². The lowest BCUT2D eigenvalue weighted by molar-refractivity contribution is 0.0929. The summed E-state index contributed by atoms with van der Waals surface area (Å²) in [5, 5.41) is 4.95. The number of rotatable bonds is 8. The maximum atomic E-state index is 12.4. The Bertz CT molecular complexity index is 1410. The highest BCUT2D eigenvalue weighted by Gasteiger charge is 2.15. The Morgan fingerprint density at radius 3 is 2.83 bits per heavy atom. The van der Waals surface area contributed by atoms with Crippen molar-refractivity contribution in [3.63, 3.8) is 0 Å². The van der Waals surface area contributed by atoms with Gasteiger partial charge in [0, 0.05) is 5.39 Å². The molecular formula is C27H21BrN2O5. The second kappa shape index (κ2) is 10.1.